The highest BCUT2D eigenvalue weighted by Crippen LogP contribution is 2.72. The average molecular weight is 207 g/mol. The van der Waals surface area contributed by atoms with E-state index in [-0.39, 0.29) is 23.2 Å². The molecule has 0 aliphatic heterocycles. The van der Waals surface area contributed by atoms with E-state index in [9.17, 15) is 5.11 Å². The molecule has 0 saturated heterocycles. The van der Waals surface area contributed by atoms with E-state index in [0.29, 0.717) is 5.92 Å². The predicted molar refractivity (Wildman–Crippen MR) is 55.4 cm³/mol. The Morgan fingerprint density at radius 3 is 2.87 bits per heavy atom. The number of rotatable bonds is 3. The van der Waals surface area contributed by atoms with Crippen LogP contribution in [0, 0.1) is 22.6 Å². The minimum Gasteiger partial charge on any atom is -0.505 e. The van der Waals surface area contributed by atoms with Gasteiger partial charge >= 0.3 is 6.20 Å². The van der Waals surface area contributed by atoms with E-state index in [1.807, 2.05) is 6.08 Å². The minimum atomic E-state index is -0.372. The van der Waals surface area contributed by atoms with Crippen molar-refractivity contribution in [2.24, 2.45) is 17.3 Å². The van der Waals surface area contributed by atoms with E-state index in [0.717, 1.165) is 19.0 Å². The Morgan fingerprint density at radius 2 is 2.40 bits per heavy atom. The van der Waals surface area contributed by atoms with Crippen LogP contribution >= 0.6 is 0 Å². The smallest absolute Gasteiger partial charge is 0.388 e. The molecule has 0 unspecified atom stereocenters. The summed E-state index contributed by atoms with van der Waals surface area (Å²) in [4.78, 5) is 2.89. The normalized spacial score (nSPS) is 43.2. The highest BCUT2D eigenvalue weighted by molar-refractivity contribution is 5.34. The van der Waals surface area contributed by atoms with E-state index in [2.05, 4.69) is 11.6 Å². The number of ether oxygens (including phenoxy) is 1. The third-order valence-electron chi connectivity index (χ3n) is 3.92. The maximum atomic E-state index is 9.93. The first-order chi connectivity index (χ1) is 7.23. The van der Waals surface area contributed by atoms with Crippen LogP contribution in [-0.4, -0.2) is 18.3 Å². The summed E-state index contributed by atoms with van der Waals surface area (Å²) in [5.41, 5.74) is -0.372. The lowest BCUT2D eigenvalue weighted by atomic mass is 9.94. The van der Waals surface area contributed by atoms with Crippen LogP contribution in [0.4, 0.5) is 0 Å². The van der Waals surface area contributed by atoms with Crippen LogP contribution in [-0.2, 0) is 4.74 Å². The van der Waals surface area contributed by atoms with Gasteiger partial charge in [0.25, 0.3) is 0 Å². The molecule has 0 spiro atoms. The maximum absolute atomic E-state index is 9.93. The lowest BCUT2D eigenvalue weighted by Gasteiger charge is -2.21. The van der Waals surface area contributed by atoms with E-state index < -0.39 is 0 Å². The van der Waals surface area contributed by atoms with Crippen molar-refractivity contribution in [2.75, 3.05) is 7.11 Å². The van der Waals surface area contributed by atoms with Gasteiger partial charge in [0.15, 0.2) is 10.7 Å². The van der Waals surface area contributed by atoms with Crippen molar-refractivity contribution in [1.29, 1.82) is 5.39 Å². The second-order valence-corrected chi connectivity index (χ2v) is 4.23. The van der Waals surface area contributed by atoms with Gasteiger partial charge in [-0.05, 0) is 24.7 Å². The number of aliphatic hydroxyl groups excluding tert-OH is 1. The van der Waals surface area contributed by atoms with Crippen molar-refractivity contribution in [3.8, 4) is 0 Å². The Balaban J connectivity index is 2.35. The zero-order valence-electron chi connectivity index (χ0n) is 8.76. The molecule has 4 atom stereocenters. The van der Waals surface area contributed by atoms with Gasteiger partial charge in [-0.25, -0.2) is 0 Å². The molecule has 0 bridgehead atoms. The molecule has 2 aliphatic rings. The van der Waals surface area contributed by atoms with Crippen molar-refractivity contribution >= 4 is 0 Å². The first-order valence-electron chi connectivity index (χ1n) is 5.12. The molecular weight excluding hydrogens is 192 g/mol. The molecule has 80 valence electrons. The molecular formula is C11H15N2O2+. The number of methoxy groups -OCH3 is 1. The molecule has 0 radical (unpaired) electrons. The molecule has 2 saturated carbocycles. The number of fused-ring (bicyclic) bond motifs is 1. The van der Waals surface area contributed by atoms with Crippen LogP contribution in [0.3, 0.4) is 0 Å². The molecule has 0 heterocycles. The Hall–Kier alpha value is -1.34. The Bertz CT molecular complexity index is 358. The standard InChI is InChI=1S/C11H14N2O2/c1-3-7-8-4-5-10(15-2)11(7,8)9(14)6-13-12/h3,6-8,10H,1,4-5H2,2H3/p+1/b9-6+/t7-,8-,10-,11+/m0/s1. The number of allylic oxidation sites excluding steroid dienone is 1. The molecule has 2 fully saturated rings. The summed E-state index contributed by atoms with van der Waals surface area (Å²) in [6.45, 7) is 3.77. The third-order valence-corrected chi connectivity index (χ3v) is 3.92. The molecule has 0 amide bonds. The lowest BCUT2D eigenvalue weighted by Crippen LogP contribution is -2.25. The topological polar surface area (TPSA) is 57.6 Å². The fraction of sp³-hybridized carbons (Fsp3) is 0.636. The summed E-state index contributed by atoms with van der Waals surface area (Å²) in [6, 6.07) is 0. The zero-order chi connectivity index (χ0) is 11.1. The molecule has 2 aliphatic carbocycles. The van der Waals surface area contributed by atoms with E-state index in [4.69, 9.17) is 10.1 Å². The second kappa shape index (κ2) is 3.35. The van der Waals surface area contributed by atoms with E-state index >= 15 is 0 Å². The van der Waals surface area contributed by atoms with E-state index in [1.165, 1.54) is 0 Å². The van der Waals surface area contributed by atoms with E-state index in [1.54, 1.807) is 7.11 Å². The third kappa shape index (κ3) is 1.07. The molecule has 0 aromatic rings. The van der Waals surface area contributed by atoms with Crippen molar-refractivity contribution in [1.82, 2.24) is 0 Å². The summed E-state index contributed by atoms with van der Waals surface area (Å²) in [6.07, 6.45) is 4.93. The van der Waals surface area contributed by atoms with Gasteiger partial charge in [-0.2, -0.15) is 0 Å². The molecule has 0 aromatic heterocycles. The highest BCUT2D eigenvalue weighted by atomic mass is 16.5. The number of aliphatic hydroxyl groups is 1. The van der Waals surface area contributed by atoms with Crippen LogP contribution < -0.4 is 0 Å². The first-order valence-corrected chi connectivity index (χ1v) is 5.12. The molecule has 0 aromatic carbocycles. The Labute approximate surface area is 88.9 Å². The van der Waals surface area contributed by atoms with Gasteiger partial charge in [0, 0.05) is 7.11 Å². The second-order valence-electron chi connectivity index (χ2n) is 4.23. The molecule has 15 heavy (non-hydrogen) atoms. The molecule has 1 N–H and O–H groups in total. The average Bonchev–Trinajstić information content (AvgIpc) is 2.74. The van der Waals surface area contributed by atoms with Crippen LogP contribution in [0.25, 0.3) is 4.98 Å². The van der Waals surface area contributed by atoms with Gasteiger partial charge < -0.3 is 9.84 Å². The summed E-state index contributed by atoms with van der Waals surface area (Å²) in [5, 5.41) is 18.4. The van der Waals surface area contributed by atoms with Crippen molar-refractivity contribution < 1.29 is 9.84 Å². The fourth-order valence-corrected chi connectivity index (χ4v) is 3.32. The Kier molecular flexibility index (Phi) is 2.28. The molecule has 4 nitrogen and oxygen atoms in total. The Morgan fingerprint density at radius 1 is 1.67 bits per heavy atom. The van der Waals surface area contributed by atoms with Gasteiger partial charge in [0.05, 0.1) is 11.5 Å². The van der Waals surface area contributed by atoms with Crippen molar-refractivity contribution in [3.05, 3.63) is 29.6 Å². The van der Waals surface area contributed by atoms with Crippen molar-refractivity contribution in [2.45, 2.75) is 18.9 Å². The predicted octanol–water partition coefficient (Wildman–Crippen LogP) is 2.47. The molecule has 4 heteroatoms. The quantitative estimate of drug-likeness (QED) is 0.439. The fourth-order valence-electron chi connectivity index (χ4n) is 3.32. The minimum absolute atomic E-state index is 0.00324. The molecule has 2 rings (SSSR count). The van der Waals surface area contributed by atoms with Crippen LogP contribution in [0.5, 0.6) is 0 Å². The SMILES string of the molecule is C=C[C@H]1[C@@H]2CC[C@H](OC)[C@]12/C(O)=C\[N+]#N. The lowest BCUT2D eigenvalue weighted by molar-refractivity contribution is 0.0413. The van der Waals surface area contributed by atoms with Crippen LogP contribution in [0.2, 0.25) is 0 Å². The van der Waals surface area contributed by atoms with Gasteiger partial charge in [0.2, 0.25) is 5.39 Å². The van der Waals surface area contributed by atoms with Crippen LogP contribution in [0.1, 0.15) is 12.8 Å². The van der Waals surface area contributed by atoms with Crippen molar-refractivity contribution in [3.63, 3.8) is 0 Å². The largest absolute Gasteiger partial charge is 0.505 e. The highest BCUT2D eigenvalue weighted by Gasteiger charge is 2.74. The number of diazo groups is 1. The zero-order valence-corrected chi connectivity index (χ0v) is 8.76. The maximum Gasteiger partial charge on any atom is 0.388 e. The van der Waals surface area contributed by atoms with Gasteiger partial charge in [-0.1, -0.05) is 6.08 Å². The van der Waals surface area contributed by atoms with Gasteiger partial charge in [0.1, 0.15) is 0 Å². The van der Waals surface area contributed by atoms with Gasteiger partial charge in [-0.15, -0.1) is 6.58 Å². The van der Waals surface area contributed by atoms with Crippen LogP contribution in [0.15, 0.2) is 24.6 Å². The number of nitrogens with zero attached hydrogens (tertiary/aromatic N) is 2. The summed E-state index contributed by atoms with van der Waals surface area (Å²) in [5.74, 6) is 0.747. The monoisotopic (exact) mass is 207 g/mol. The summed E-state index contributed by atoms with van der Waals surface area (Å²) < 4.78 is 5.40. The summed E-state index contributed by atoms with van der Waals surface area (Å²) in [7, 11) is 1.65. The van der Waals surface area contributed by atoms with Gasteiger partial charge in [-0.3, -0.25) is 0 Å². The number of hydrogen-bond acceptors (Lipinski definition) is 3. The first kappa shape index (κ1) is 10.2. The number of hydrogen-bond donors (Lipinski definition) is 1. The summed E-state index contributed by atoms with van der Waals surface area (Å²) >= 11 is 0.